The minimum absolute atomic E-state index is 0.0994. The molecule has 2 aromatic rings. The van der Waals surface area contributed by atoms with E-state index in [-0.39, 0.29) is 11.2 Å². The van der Waals surface area contributed by atoms with Crippen molar-refractivity contribution in [3.8, 4) is 0 Å². The lowest BCUT2D eigenvalue weighted by Gasteiger charge is -2.36. The van der Waals surface area contributed by atoms with Crippen LogP contribution in [0.25, 0.3) is 11.0 Å². The molecule has 2 heterocycles. The second kappa shape index (κ2) is 6.95. The Kier molecular flexibility index (Phi) is 4.95. The second-order valence-corrected chi connectivity index (χ2v) is 7.60. The van der Waals surface area contributed by atoms with Gasteiger partial charge in [0.1, 0.15) is 0 Å². The summed E-state index contributed by atoms with van der Waals surface area (Å²) < 4.78 is 2.08. The molecule has 2 unspecified atom stereocenters. The Labute approximate surface area is 142 Å². The highest BCUT2D eigenvalue weighted by atomic mass is 32.2. The van der Waals surface area contributed by atoms with E-state index in [0.29, 0.717) is 6.04 Å². The summed E-state index contributed by atoms with van der Waals surface area (Å²) in [6.07, 6.45) is 4.57. The quantitative estimate of drug-likeness (QED) is 0.799. The lowest BCUT2D eigenvalue weighted by molar-refractivity contribution is -0.134. The topological polar surface area (TPSA) is 38.1 Å². The summed E-state index contributed by atoms with van der Waals surface area (Å²) in [5.74, 6) is 0.258. The average Bonchev–Trinajstić information content (AvgIpc) is 2.90. The van der Waals surface area contributed by atoms with Crippen LogP contribution in [0.3, 0.4) is 0 Å². The Balaban J connectivity index is 1.75. The predicted molar refractivity (Wildman–Crippen MR) is 95.7 cm³/mol. The van der Waals surface area contributed by atoms with Crippen molar-refractivity contribution < 1.29 is 4.79 Å². The van der Waals surface area contributed by atoms with Crippen molar-refractivity contribution in [2.45, 2.75) is 56.0 Å². The molecule has 1 fully saturated rings. The Bertz CT molecular complexity index is 697. The van der Waals surface area contributed by atoms with Gasteiger partial charge in [0.15, 0.2) is 5.16 Å². The van der Waals surface area contributed by atoms with Gasteiger partial charge in [-0.25, -0.2) is 4.98 Å². The number of benzene rings is 1. The molecule has 2 atom stereocenters. The van der Waals surface area contributed by atoms with E-state index in [2.05, 4.69) is 27.4 Å². The standard InChI is InChI=1S/C18H25N3OS/c1-4-14-9-7-8-12-21(14)17(22)13(2)23-18-19-15-10-5-6-11-16(15)20(18)3/h5-6,10-11,13-14H,4,7-9,12H2,1-3H3. The fourth-order valence-electron chi connectivity index (χ4n) is 3.39. The number of imidazole rings is 1. The zero-order chi connectivity index (χ0) is 16.4. The van der Waals surface area contributed by atoms with Crippen LogP contribution in [0.1, 0.15) is 39.5 Å². The summed E-state index contributed by atoms with van der Waals surface area (Å²) in [5.41, 5.74) is 2.10. The Morgan fingerprint density at radius 3 is 2.91 bits per heavy atom. The maximum Gasteiger partial charge on any atom is 0.236 e. The molecule has 1 amide bonds. The third-order valence-corrected chi connectivity index (χ3v) is 5.89. The summed E-state index contributed by atoms with van der Waals surface area (Å²) in [4.78, 5) is 19.6. The molecule has 23 heavy (non-hydrogen) atoms. The first-order valence-corrected chi connectivity index (χ1v) is 9.38. The van der Waals surface area contributed by atoms with Crippen LogP contribution in [0.2, 0.25) is 0 Å². The maximum atomic E-state index is 12.9. The first kappa shape index (κ1) is 16.4. The van der Waals surface area contributed by atoms with Crippen molar-refractivity contribution >= 4 is 28.7 Å². The number of nitrogens with zero attached hydrogens (tertiary/aromatic N) is 3. The molecule has 5 heteroatoms. The summed E-state index contributed by atoms with van der Waals surface area (Å²) in [6.45, 7) is 5.10. The highest BCUT2D eigenvalue weighted by Crippen LogP contribution is 2.29. The molecule has 124 valence electrons. The summed E-state index contributed by atoms with van der Waals surface area (Å²) in [7, 11) is 2.02. The van der Waals surface area contributed by atoms with Gasteiger partial charge in [-0.1, -0.05) is 30.8 Å². The SMILES string of the molecule is CCC1CCCCN1C(=O)C(C)Sc1nc2ccccc2n1C. The number of piperidine rings is 1. The van der Waals surface area contributed by atoms with Crippen LogP contribution < -0.4 is 0 Å². The number of carbonyl (C=O) groups excluding carboxylic acids is 1. The summed E-state index contributed by atoms with van der Waals surface area (Å²) >= 11 is 1.57. The lowest BCUT2D eigenvalue weighted by Crippen LogP contribution is -2.46. The Hall–Kier alpha value is -1.49. The molecule has 1 saturated heterocycles. The van der Waals surface area contributed by atoms with Gasteiger partial charge < -0.3 is 9.47 Å². The van der Waals surface area contributed by atoms with Crippen LogP contribution in [-0.4, -0.2) is 38.2 Å². The lowest BCUT2D eigenvalue weighted by atomic mass is 10.00. The largest absolute Gasteiger partial charge is 0.339 e. The van der Waals surface area contributed by atoms with E-state index >= 15 is 0 Å². The number of para-hydroxylation sites is 2. The zero-order valence-corrected chi connectivity index (χ0v) is 15.0. The van der Waals surface area contributed by atoms with E-state index in [0.717, 1.165) is 42.0 Å². The van der Waals surface area contributed by atoms with Gasteiger partial charge in [0.2, 0.25) is 5.91 Å². The molecule has 1 aromatic carbocycles. The fraction of sp³-hybridized carbons (Fsp3) is 0.556. The van der Waals surface area contributed by atoms with E-state index in [9.17, 15) is 4.79 Å². The molecule has 0 bridgehead atoms. The van der Waals surface area contributed by atoms with E-state index in [1.165, 1.54) is 6.42 Å². The molecular weight excluding hydrogens is 306 g/mol. The van der Waals surface area contributed by atoms with Gasteiger partial charge in [0, 0.05) is 19.6 Å². The maximum absolute atomic E-state index is 12.9. The van der Waals surface area contributed by atoms with Crippen LogP contribution in [0.15, 0.2) is 29.4 Å². The summed E-state index contributed by atoms with van der Waals surface area (Å²) in [5, 5.41) is 0.815. The third-order valence-electron chi connectivity index (χ3n) is 4.76. The zero-order valence-electron chi connectivity index (χ0n) is 14.2. The number of amides is 1. The number of hydrogen-bond donors (Lipinski definition) is 0. The van der Waals surface area contributed by atoms with Crippen LogP contribution in [0.4, 0.5) is 0 Å². The van der Waals surface area contributed by atoms with Crippen LogP contribution >= 0.6 is 11.8 Å². The number of likely N-dealkylation sites (tertiary alicyclic amines) is 1. The normalized spacial score (nSPS) is 20.0. The number of aromatic nitrogens is 2. The highest BCUT2D eigenvalue weighted by molar-refractivity contribution is 8.00. The molecule has 0 aliphatic carbocycles. The first-order valence-electron chi connectivity index (χ1n) is 8.50. The van der Waals surface area contributed by atoms with E-state index in [1.54, 1.807) is 11.8 Å². The third kappa shape index (κ3) is 3.25. The molecule has 0 saturated carbocycles. The molecule has 3 rings (SSSR count). The van der Waals surface area contributed by atoms with Gasteiger partial charge in [-0.2, -0.15) is 0 Å². The van der Waals surface area contributed by atoms with E-state index < -0.39 is 0 Å². The smallest absolute Gasteiger partial charge is 0.236 e. The van der Waals surface area contributed by atoms with Crippen molar-refractivity contribution in [1.29, 1.82) is 0 Å². The molecule has 0 N–H and O–H groups in total. The van der Waals surface area contributed by atoms with Gasteiger partial charge in [-0.3, -0.25) is 4.79 Å². The minimum atomic E-state index is -0.0994. The van der Waals surface area contributed by atoms with Gasteiger partial charge in [-0.15, -0.1) is 0 Å². The van der Waals surface area contributed by atoms with Gasteiger partial charge in [-0.05, 0) is 44.7 Å². The number of aryl methyl sites for hydroxylation is 1. The monoisotopic (exact) mass is 331 g/mol. The number of carbonyl (C=O) groups is 1. The van der Waals surface area contributed by atoms with Crippen LogP contribution in [0, 0.1) is 0 Å². The molecular formula is C18H25N3OS. The molecule has 1 aromatic heterocycles. The summed E-state index contributed by atoms with van der Waals surface area (Å²) in [6, 6.07) is 8.52. The first-order chi connectivity index (χ1) is 11.1. The molecule has 1 aliphatic heterocycles. The molecule has 4 nitrogen and oxygen atoms in total. The predicted octanol–water partition coefficient (Wildman–Crippen LogP) is 3.85. The second-order valence-electron chi connectivity index (χ2n) is 6.29. The highest BCUT2D eigenvalue weighted by Gasteiger charge is 2.29. The van der Waals surface area contributed by atoms with E-state index in [4.69, 9.17) is 0 Å². The van der Waals surface area contributed by atoms with Gasteiger partial charge >= 0.3 is 0 Å². The number of rotatable bonds is 4. The Morgan fingerprint density at radius 2 is 2.17 bits per heavy atom. The average molecular weight is 331 g/mol. The van der Waals surface area contributed by atoms with E-state index in [1.807, 2.05) is 32.2 Å². The minimum Gasteiger partial charge on any atom is -0.339 e. The molecule has 0 radical (unpaired) electrons. The number of thioether (sulfide) groups is 1. The van der Waals surface area contributed by atoms with Gasteiger partial charge in [0.05, 0.1) is 16.3 Å². The van der Waals surface area contributed by atoms with Crippen LogP contribution in [0.5, 0.6) is 0 Å². The van der Waals surface area contributed by atoms with Crippen molar-refractivity contribution in [2.24, 2.45) is 7.05 Å². The van der Waals surface area contributed by atoms with Crippen molar-refractivity contribution in [1.82, 2.24) is 14.5 Å². The number of fused-ring (bicyclic) bond motifs is 1. The Morgan fingerprint density at radius 1 is 1.39 bits per heavy atom. The van der Waals surface area contributed by atoms with Crippen molar-refractivity contribution in [3.05, 3.63) is 24.3 Å². The van der Waals surface area contributed by atoms with Crippen molar-refractivity contribution in [2.75, 3.05) is 6.54 Å². The number of hydrogen-bond acceptors (Lipinski definition) is 3. The molecule has 1 aliphatic rings. The fourth-order valence-corrected chi connectivity index (χ4v) is 4.35. The van der Waals surface area contributed by atoms with Gasteiger partial charge in [0.25, 0.3) is 0 Å². The van der Waals surface area contributed by atoms with Crippen molar-refractivity contribution in [3.63, 3.8) is 0 Å². The van der Waals surface area contributed by atoms with Crippen LogP contribution in [-0.2, 0) is 11.8 Å². The molecule has 0 spiro atoms.